The first-order valence-corrected chi connectivity index (χ1v) is 8.77. The molecule has 1 heteroatoms. The Bertz CT molecular complexity index is 364. The number of hydrogen-bond acceptors (Lipinski definition) is 1. The van der Waals surface area contributed by atoms with Gasteiger partial charge in [-0.1, -0.05) is 43.8 Å². The molecule has 3 aliphatic carbocycles. The fourth-order valence-corrected chi connectivity index (χ4v) is 5.50. The lowest BCUT2D eigenvalue weighted by atomic mass is 9.61. The molecule has 4 rings (SSSR count). The molecule has 0 aromatic carbocycles. The maximum absolute atomic E-state index is 6.85. The lowest BCUT2D eigenvalue weighted by molar-refractivity contribution is -0.188. The van der Waals surface area contributed by atoms with E-state index in [9.17, 15) is 0 Å². The maximum atomic E-state index is 6.85. The minimum absolute atomic E-state index is 0.267. The summed E-state index contributed by atoms with van der Waals surface area (Å²) in [5, 5.41) is 0. The van der Waals surface area contributed by atoms with Crippen molar-refractivity contribution in [1.82, 2.24) is 0 Å². The second-order valence-corrected chi connectivity index (χ2v) is 7.36. The third kappa shape index (κ3) is 2.00. The fraction of sp³-hybridized carbons (Fsp3) is 0.889. The molecule has 106 valence electrons. The topological polar surface area (TPSA) is 9.23 Å². The Morgan fingerprint density at radius 1 is 0.895 bits per heavy atom. The Labute approximate surface area is 117 Å². The highest BCUT2D eigenvalue weighted by Crippen LogP contribution is 2.54. The van der Waals surface area contributed by atoms with Crippen molar-refractivity contribution in [2.24, 2.45) is 11.8 Å². The van der Waals surface area contributed by atoms with Gasteiger partial charge in [-0.25, -0.2) is 0 Å². The number of hydrogen-bond donors (Lipinski definition) is 0. The number of ether oxygens (including phenoxy) is 1. The molecule has 0 N–H and O–H groups in total. The molecule has 0 radical (unpaired) electrons. The first kappa shape index (κ1) is 12.4. The second-order valence-electron chi connectivity index (χ2n) is 7.36. The third-order valence-electron chi connectivity index (χ3n) is 6.33. The summed E-state index contributed by atoms with van der Waals surface area (Å²) < 4.78 is 6.85. The summed E-state index contributed by atoms with van der Waals surface area (Å²) in [4.78, 5) is 0. The van der Waals surface area contributed by atoms with Crippen LogP contribution >= 0.6 is 0 Å². The summed E-state index contributed by atoms with van der Waals surface area (Å²) in [6.07, 6.45) is 19.9. The molecular formula is C18H28O. The summed E-state index contributed by atoms with van der Waals surface area (Å²) in [6, 6.07) is 0. The average molecular weight is 260 g/mol. The van der Waals surface area contributed by atoms with E-state index in [1.165, 1.54) is 77.0 Å². The highest BCUT2D eigenvalue weighted by molar-refractivity contribution is 5.24. The van der Waals surface area contributed by atoms with Gasteiger partial charge in [0.25, 0.3) is 0 Å². The SMILES string of the molecule is C1=C2[C@@H]3CCCC[C@H]3OC3(CCCCC3)[C@H]2CCC1. The zero-order valence-corrected chi connectivity index (χ0v) is 12.2. The van der Waals surface area contributed by atoms with Gasteiger partial charge in [0, 0.05) is 11.8 Å². The molecule has 19 heavy (non-hydrogen) atoms. The maximum Gasteiger partial charge on any atom is 0.0751 e. The number of fused-ring (bicyclic) bond motifs is 4. The van der Waals surface area contributed by atoms with Gasteiger partial charge in [0.2, 0.25) is 0 Å². The van der Waals surface area contributed by atoms with Crippen LogP contribution in [-0.2, 0) is 4.74 Å². The minimum Gasteiger partial charge on any atom is -0.371 e. The van der Waals surface area contributed by atoms with E-state index in [0.717, 1.165) is 11.8 Å². The molecule has 1 saturated heterocycles. The van der Waals surface area contributed by atoms with E-state index >= 15 is 0 Å². The van der Waals surface area contributed by atoms with Gasteiger partial charge in [-0.3, -0.25) is 0 Å². The van der Waals surface area contributed by atoms with Crippen molar-refractivity contribution in [3.8, 4) is 0 Å². The Hall–Kier alpha value is -0.300. The van der Waals surface area contributed by atoms with E-state index in [4.69, 9.17) is 4.74 Å². The van der Waals surface area contributed by atoms with Crippen LogP contribution in [-0.4, -0.2) is 11.7 Å². The molecule has 0 aromatic heterocycles. The molecule has 1 heterocycles. The van der Waals surface area contributed by atoms with Crippen LogP contribution in [0.2, 0.25) is 0 Å². The fourth-order valence-electron chi connectivity index (χ4n) is 5.50. The third-order valence-corrected chi connectivity index (χ3v) is 6.33. The van der Waals surface area contributed by atoms with Gasteiger partial charge in [-0.2, -0.15) is 0 Å². The normalized spacial score (nSPS) is 41.3. The monoisotopic (exact) mass is 260 g/mol. The van der Waals surface area contributed by atoms with Crippen LogP contribution in [0.25, 0.3) is 0 Å². The van der Waals surface area contributed by atoms with E-state index in [-0.39, 0.29) is 5.60 Å². The highest BCUT2D eigenvalue weighted by atomic mass is 16.5. The van der Waals surface area contributed by atoms with Gasteiger partial charge in [-0.05, 0) is 44.9 Å². The Morgan fingerprint density at radius 2 is 1.74 bits per heavy atom. The van der Waals surface area contributed by atoms with Gasteiger partial charge in [0.1, 0.15) is 0 Å². The van der Waals surface area contributed by atoms with Crippen molar-refractivity contribution in [3.05, 3.63) is 11.6 Å². The first-order valence-electron chi connectivity index (χ1n) is 8.77. The van der Waals surface area contributed by atoms with E-state index < -0.39 is 0 Å². The molecule has 3 fully saturated rings. The minimum atomic E-state index is 0.267. The van der Waals surface area contributed by atoms with Gasteiger partial charge in [0.15, 0.2) is 0 Å². The predicted molar refractivity (Wildman–Crippen MR) is 78.1 cm³/mol. The number of allylic oxidation sites excluding steroid dienone is 1. The second kappa shape index (κ2) is 4.91. The smallest absolute Gasteiger partial charge is 0.0751 e. The van der Waals surface area contributed by atoms with E-state index in [1.54, 1.807) is 0 Å². The molecular weight excluding hydrogens is 232 g/mol. The largest absolute Gasteiger partial charge is 0.371 e. The molecule has 0 amide bonds. The Kier molecular flexibility index (Phi) is 3.22. The first-order chi connectivity index (χ1) is 9.39. The molecule has 1 spiro atoms. The Morgan fingerprint density at radius 3 is 2.63 bits per heavy atom. The van der Waals surface area contributed by atoms with Crippen LogP contribution in [0.4, 0.5) is 0 Å². The zero-order chi connectivity index (χ0) is 12.7. The molecule has 1 aliphatic heterocycles. The zero-order valence-electron chi connectivity index (χ0n) is 12.2. The lowest BCUT2D eigenvalue weighted by Crippen LogP contribution is -2.54. The van der Waals surface area contributed by atoms with Crippen molar-refractivity contribution in [3.63, 3.8) is 0 Å². The van der Waals surface area contributed by atoms with E-state index in [0.29, 0.717) is 6.10 Å². The number of rotatable bonds is 0. The van der Waals surface area contributed by atoms with Crippen LogP contribution in [0.3, 0.4) is 0 Å². The van der Waals surface area contributed by atoms with Gasteiger partial charge in [0.05, 0.1) is 11.7 Å². The van der Waals surface area contributed by atoms with Crippen molar-refractivity contribution in [2.45, 2.75) is 88.8 Å². The summed E-state index contributed by atoms with van der Waals surface area (Å²) in [5.41, 5.74) is 2.12. The van der Waals surface area contributed by atoms with Crippen LogP contribution in [0, 0.1) is 11.8 Å². The summed E-state index contributed by atoms with van der Waals surface area (Å²) in [5.74, 6) is 1.59. The van der Waals surface area contributed by atoms with Crippen LogP contribution in [0.15, 0.2) is 11.6 Å². The lowest BCUT2D eigenvalue weighted by Gasteiger charge is -2.55. The Balaban J connectivity index is 1.69. The van der Waals surface area contributed by atoms with Crippen molar-refractivity contribution in [2.75, 3.05) is 0 Å². The van der Waals surface area contributed by atoms with Crippen molar-refractivity contribution in [1.29, 1.82) is 0 Å². The molecule has 0 aromatic rings. The van der Waals surface area contributed by atoms with Crippen molar-refractivity contribution < 1.29 is 4.74 Å². The summed E-state index contributed by atoms with van der Waals surface area (Å²) in [7, 11) is 0. The average Bonchev–Trinajstić information content (AvgIpc) is 2.49. The summed E-state index contributed by atoms with van der Waals surface area (Å²) >= 11 is 0. The molecule has 4 aliphatic rings. The van der Waals surface area contributed by atoms with E-state index in [1.807, 2.05) is 5.57 Å². The molecule has 2 saturated carbocycles. The molecule has 3 atom stereocenters. The van der Waals surface area contributed by atoms with Gasteiger partial charge >= 0.3 is 0 Å². The quantitative estimate of drug-likeness (QED) is 0.557. The molecule has 0 bridgehead atoms. The molecule has 1 nitrogen and oxygen atoms in total. The van der Waals surface area contributed by atoms with Crippen molar-refractivity contribution >= 4 is 0 Å². The van der Waals surface area contributed by atoms with Crippen LogP contribution < -0.4 is 0 Å². The van der Waals surface area contributed by atoms with Gasteiger partial charge in [-0.15, -0.1) is 0 Å². The van der Waals surface area contributed by atoms with Gasteiger partial charge < -0.3 is 4.74 Å². The van der Waals surface area contributed by atoms with E-state index in [2.05, 4.69) is 6.08 Å². The molecule has 0 unspecified atom stereocenters. The standard InChI is InChI=1S/C18H28O/c1-6-12-18(13-7-1)16-10-4-2-8-14(16)15-9-3-5-11-17(15)19-18/h8,15-17H,1-7,9-13H2/t15-,16-,17+/m0/s1. The highest BCUT2D eigenvalue weighted by Gasteiger charge is 2.51. The predicted octanol–water partition coefficient (Wildman–Crippen LogP) is 5.00. The summed E-state index contributed by atoms with van der Waals surface area (Å²) in [6.45, 7) is 0. The van der Waals surface area contributed by atoms with Crippen LogP contribution in [0.5, 0.6) is 0 Å². The van der Waals surface area contributed by atoms with Crippen LogP contribution in [0.1, 0.15) is 77.0 Å².